The summed E-state index contributed by atoms with van der Waals surface area (Å²) >= 11 is 0. The number of methoxy groups -OCH3 is 1. The van der Waals surface area contributed by atoms with Gasteiger partial charge in [-0.05, 0) is 30.3 Å². The highest BCUT2D eigenvalue weighted by atomic mass is 16.5. The predicted octanol–water partition coefficient (Wildman–Crippen LogP) is 2.23. The number of ether oxygens (including phenoxy) is 1. The number of aliphatic imine (C=N–C) groups is 1. The number of nitrogens with two attached hydrogens (primary N) is 1. The predicted molar refractivity (Wildman–Crippen MR) is 83.0 cm³/mol. The molecule has 5 nitrogen and oxygen atoms in total. The number of hydrogen-bond acceptors (Lipinski definition) is 5. The van der Waals surface area contributed by atoms with Gasteiger partial charge in [-0.25, -0.2) is 4.99 Å². The van der Waals surface area contributed by atoms with Gasteiger partial charge in [0, 0.05) is 25.9 Å². The van der Waals surface area contributed by atoms with Gasteiger partial charge >= 0.3 is 0 Å². The van der Waals surface area contributed by atoms with Gasteiger partial charge in [0.15, 0.2) is 0 Å². The summed E-state index contributed by atoms with van der Waals surface area (Å²) in [5.41, 5.74) is 8.92. The maximum absolute atomic E-state index is 7.66. The first-order chi connectivity index (χ1) is 9.51. The van der Waals surface area contributed by atoms with Gasteiger partial charge in [-0.15, -0.1) is 0 Å². The minimum atomic E-state index is 0.240. The molecule has 0 radical (unpaired) electrons. The summed E-state index contributed by atoms with van der Waals surface area (Å²) in [4.78, 5) is 6.53. The fourth-order valence-electron chi connectivity index (χ4n) is 1.80. The molecule has 0 amide bonds. The molecule has 1 aromatic carbocycles. The highest BCUT2D eigenvalue weighted by Crippen LogP contribution is 2.21. The van der Waals surface area contributed by atoms with Crippen LogP contribution in [0.1, 0.15) is 0 Å². The molecule has 0 unspecified atom stereocenters. The normalized spacial score (nSPS) is 16.8. The molecule has 1 aliphatic rings. The molecular weight excluding hydrogens is 252 g/mol. The molecule has 0 atom stereocenters. The molecule has 0 heterocycles. The second-order valence-electron chi connectivity index (χ2n) is 4.63. The molecule has 1 aliphatic carbocycles. The Morgan fingerprint density at radius 3 is 2.35 bits per heavy atom. The molecular formula is C15H18N4O. The van der Waals surface area contributed by atoms with Gasteiger partial charge in [-0.2, -0.15) is 0 Å². The van der Waals surface area contributed by atoms with Gasteiger partial charge in [0.05, 0.1) is 24.2 Å². The van der Waals surface area contributed by atoms with E-state index in [4.69, 9.17) is 15.9 Å². The smallest absolute Gasteiger partial charge is 0.146 e. The van der Waals surface area contributed by atoms with E-state index in [9.17, 15) is 0 Å². The van der Waals surface area contributed by atoms with Gasteiger partial charge in [0.25, 0.3) is 0 Å². The van der Waals surface area contributed by atoms with Gasteiger partial charge in [-0.3, -0.25) is 5.41 Å². The molecule has 0 aromatic heterocycles. The van der Waals surface area contributed by atoms with Crippen molar-refractivity contribution < 1.29 is 4.74 Å². The number of nitrogens with one attached hydrogen (secondary N) is 1. The maximum Gasteiger partial charge on any atom is 0.146 e. The third-order valence-electron chi connectivity index (χ3n) is 2.97. The van der Waals surface area contributed by atoms with Crippen LogP contribution < -0.4 is 10.6 Å². The molecule has 0 saturated heterocycles. The lowest BCUT2D eigenvalue weighted by Crippen LogP contribution is -2.18. The Balaban J connectivity index is 2.34. The fourth-order valence-corrected chi connectivity index (χ4v) is 1.80. The van der Waals surface area contributed by atoms with Crippen LogP contribution in [0.2, 0.25) is 0 Å². The summed E-state index contributed by atoms with van der Waals surface area (Å²) in [6.07, 6.45) is 3.23. The quantitative estimate of drug-likeness (QED) is 0.827. The number of rotatable bonds is 3. The van der Waals surface area contributed by atoms with E-state index in [0.29, 0.717) is 17.2 Å². The number of hydrogen-bond donors (Lipinski definition) is 2. The minimum absolute atomic E-state index is 0.240. The van der Waals surface area contributed by atoms with Crippen LogP contribution in [0, 0.1) is 5.41 Å². The highest BCUT2D eigenvalue weighted by Gasteiger charge is 2.14. The first-order valence-electron chi connectivity index (χ1n) is 6.19. The van der Waals surface area contributed by atoms with Gasteiger partial charge in [0.1, 0.15) is 11.5 Å². The monoisotopic (exact) mass is 270 g/mol. The average Bonchev–Trinajstić information content (AvgIpc) is 2.43. The lowest BCUT2D eigenvalue weighted by Gasteiger charge is -2.14. The molecule has 0 saturated carbocycles. The van der Waals surface area contributed by atoms with E-state index in [1.807, 2.05) is 43.3 Å². The van der Waals surface area contributed by atoms with Crippen molar-refractivity contribution in [2.75, 3.05) is 26.1 Å². The molecule has 2 rings (SSSR count). The summed E-state index contributed by atoms with van der Waals surface area (Å²) < 4.78 is 5.24. The highest BCUT2D eigenvalue weighted by molar-refractivity contribution is 6.22. The second-order valence-corrected chi connectivity index (χ2v) is 4.63. The van der Waals surface area contributed by atoms with Gasteiger partial charge in [0.2, 0.25) is 0 Å². The summed E-state index contributed by atoms with van der Waals surface area (Å²) in [7, 11) is 5.53. The number of nitrogens with zero attached hydrogens (tertiary/aromatic N) is 2. The summed E-state index contributed by atoms with van der Waals surface area (Å²) in [5.74, 6) is 0.542. The van der Waals surface area contributed by atoms with Crippen LogP contribution in [0.15, 0.2) is 52.9 Å². The minimum Gasteiger partial charge on any atom is -0.494 e. The van der Waals surface area contributed by atoms with E-state index < -0.39 is 0 Å². The average molecular weight is 270 g/mol. The molecule has 104 valence electrons. The van der Waals surface area contributed by atoms with Crippen molar-refractivity contribution in [1.82, 2.24) is 0 Å². The molecule has 0 aliphatic heterocycles. The van der Waals surface area contributed by atoms with Crippen molar-refractivity contribution in [3.05, 3.63) is 47.9 Å². The Bertz CT molecular complexity index is 609. The lowest BCUT2D eigenvalue weighted by molar-refractivity contribution is 0.316. The van der Waals surface area contributed by atoms with Gasteiger partial charge in [-0.1, -0.05) is 0 Å². The van der Waals surface area contributed by atoms with Crippen LogP contribution in [0.25, 0.3) is 0 Å². The zero-order valence-electron chi connectivity index (χ0n) is 11.8. The topological polar surface area (TPSA) is 74.7 Å². The zero-order chi connectivity index (χ0) is 14.7. The third-order valence-corrected chi connectivity index (χ3v) is 2.97. The van der Waals surface area contributed by atoms with E-state index >= 15 is 0 Å². The molecule has 5 heteroatoms. The molecule has 0 bridgehead atoms. The van der Waals surface area contributed by atoms with Crippen molar-refractivity contribution in [2.24, 2.45) is 10.7 Å². The SMILES string of the molecule is COC1=CC(=N)C(N)=CC1=Nc1ccc(N(C)C)cc1. The number of anilines is 1. The van der Waals surface area contributed by atoms with Crippen LogP contribution in [-0.4, -0.2) is 32.6 Å². The maximum atomic E-state index is 7.66. The van der Waals surface area contributed by atoms with E-state index in [-0.39, 0.29) is 5.71 Å². The van der Waals surface area contributed by atoms with Crippen LogP contribution in [-0.2, 0) is 4.74 Å². The zero-order valence-corrected chi connectivity index (χ0v) is 11.8. The summed E-state index contributed by atoms with van der Waals surface area (Å²) in [6.45, 7) is 0. The molecule has 0 spiro atoms. The van der Waals surface area contributed by atoms with Crippen molar-refractivity contribution in [2.45, 2.75) is 0 Å². The standard InChI is InChI=1S/C15H18N4O/c1-19(2)11-6-4-10(5-7-11)18-14-8-12(16)13(17)9-15(14)20-3/h4-9,17H,16H2,1-3H3. The van der Waals surface area contributed by atoms with Crippen LogP contribution in [0.3, 0.4) is 0 Å². The summed E-state index contributed by atoms with van der Waals surface area (Å²) in [5, 5.41) is 7.66. The van der Waals surface area contributed by atoms with Gasteiger partial charge < -0.3 is 15.4 Å². The third kappa shape index (κ3) is 2.88. The molecule has 0 fully saturated rings. The summed E-state index contributed by atoms with van der Waals surface area (Å²) in [6, 6.07) is 7.85. The molecule has 1 aromatic rings. The van der Waals surface area contributed by atoms with Crippen molar-refractivity contribution in [1.29, 1.82) is 5.41 Å². The van der Waals surface area contributed by atoms with E-state index in [1.165, 1.54) is 0 Å². The Morgan fingerprint density at radius 2 is 1.80 bits per heavy atom. The van der Waals surface area contributed by atoms with E-state index in [2.05, 4.69) is 4.99 Å². The lowest BCUT2D eigenvalue weighted by atomic mass is 10.1. The fraction of sp³-hybridized carbons (Fsp3) is 0.200. The van der Waals surface area contributed by atoms with Crippen molar-refractivity contribution in [3.63, 3.8) is 0 Å². The first kappa shape index (κ1) is 13.9. The Kier molecular flexibility index (Phi) is 3.89. The second kappa shape index (κ2) is 5.61. The number of benzene rings is 1. The first-order valence-corrected chi connectivity index (χ1v) is 6.19. The van der Waals surface area contributed by atoms with Crippen LogP contribution in [0.4, 0.5) is 11.4 Å². The van der Waals surface area contributed by atoms with Crippen LogP contribution >= 0.6 is 0 Å². The molecule has 20 heavy (non-hydrogen) atoms. The Labute approximate surface area is 118 Å². The van der Waals surface area contributed by atoms with E-state index in [1.54, 1.807) is 19.3 Å². The molecule has 3 N–H and O–H groups in total. The largest absolute Gasteiger partial charge is 0.494 e. The van der Waals surface area contributed by atoms with Crippen molar-refractivity contribution >= 4 is 22.8 Å². The number of allylic oxidation sites excluding steroid dienone is 2. The van der Waals surface area contributed by atoms with E-state index in [0.717, 1.165) is 11.4 Å². The Morgan fingerprint density at radius 1 is 1.15 bits per heavy atom. The Hall–Kier alpha value is -2.56. The van der Waals surface area contributed by atoms with Crippen molar-refractivity contribution in [3.8, 4) is 0 Å². The van der Waals surface area contributed by atoms with Crippen LogP contribution in [0.5, 0.6) is 0 Å².